The van der Waals surface area contributed by atoms with Crippen molar-refractivity contribution in [2.45, 2.75) is 18.5 Å². The van der Waals surface area contributed by atoms with E-state index in [1.807, 2.05) is 6.07 Å². The van der Waals surface area contributed by atoms with Crippen LogP contribution in [-0.2, 0) is 0 Å². The fourth-order valence-electron chi connectivity index (χ4n) is 1.08. The summed E-state index contributed by atoms with van der Waals surface area (Å²) in [7, 11) is 1.56. The Morgan fingerprint density at radius 3 is 2.77 bits per heavy atom. The minimum absolute atomic E-state index is 0.268. The molecule has 0 radical (unpaired) electrons. The Morgan fingerprint density at radius 1 is 1.54 bits per heavy atom. The van der Waals surface area contributed by atoms with Crippen molar-refractivity contribution >= 4 is 5.82 Å². The first kappa shape index (κ1) is 8.25. The van der Waals surface area contributed by atoms with Gasteiger partial charge in [0.25, 0.3) is 0 Å². The van der Waals surface area contributed by atoms with E-state index in [2.05, 4.69) is 15.5 Å². The molecule has 13 heavy (non-hydrogen) atoms. The maximum atomic E-state index is 5.64. The van der Waals surface area contributed by atoms with E-state index < -0.39 is 0 Å². The van der Waals surface area contributed by atoms with Crippen LogP contribution in [0.4, 0.5) is 5.82 Å². The Bertz CT molecular complexity index is 287. The van der Waals surface area contributed by atoms with Crippen molar-refractivity contribution < 1.29 is 4.74 Å². The number of methoxy groups -OCH3 is 1. The highest BCUT2D eigenvalue weighted by atomic mass is 16.5. The van der Waals surface area contributed by atoms with Crippen molar-refractivity contribution in [3.8, 4) is 5.88 Å². The molecule has 5 nitrogen and oxygen atoms in total. The highest BCUT2D eigenvalue weighted by Gasteiger charge is 2.33. The summed E-state index contributed by atoms with van der Waals surface area (Å²) >= 11 is 0. The molecule has 70 valence electrons. The molecule has 2 unspecified atom stereocenters. The van der Waals surface area contributed by atoms with Gasteiger partial charge in [-0.15, -0.1) is 10.2 Å². The summed E-state index contributed by atoms with van der Waals surface area (Å²) in [6.45, 7) is 0. The van der Waals surface area contributed by atoms with E-state index in [4.69, 9.17) is 10.5 Å². The van der Waals surface area contributed by atoms with Crippen molar-refractivity contribution in [2.75, 3.05) is 12.4 Å². The monoisotopic (exact) mass is 180 g/mol. The lowest BCUT2D eigenvalue weighted by atomic mass is 10.5. The number of hydrogen-bond acceptors (Lipinski definition) is 5. The lowest BCUT2D eigenvalue weighted by Crippen LogP contribution is -2.14. The molecule has 1 aliphatic rings. The zero-order valence-corrected chi connectivity index (χ0v) is 7.40. The van der Waals surface area contributed by atoms with Gasteiger partial charge in [-0.1, -0.05) is 0 Å². The lowest BCUT2D eigenvalue weighted by Gasteiger charge is -2.02. The first-order chi connectivity index (χ1) is 6.29. The second-order valence-electron chi connectivity index (χ2n) is 3.11. The average Bonchev–Trinajstić information content (AvgIpc) is 2.83. The Morgan fingerprint density at radius 2 is 2.31 bits per heavy atom. The number of nitrogens with zero attached hydrogens (tertiary/aromatic N) is 2. The van der Waals surface area contributed by atoms with Gasteiger partial charge in [0, 0.05) is 18.2 Å². The molecule has 1 aromatic rings. The summed E-state index contributed by atoms with van der Waals surface area (Å²) in [4.78, 5) is 0. The van der Waals surface area contributed by atoms with Crippen LogP contribution in [0.1, 0.15) is 6.42 Å². The van der Waals surface area contributed by atoms with E-state index in [9.17, 15) is 0 Å². The molecule has 0 saturated heterocycles. The second kappa shape index (κ2) is 3.18. The van der Waals surface area contributed by atoms with E-state index in [-0.39, 0.29) is 6.04 Å². The lowest BCUT2D eigenvalue weighted by molar-refractivity contribution is 0.392. The number of ether oxygens (including phenoxy) is 1. The Hall–Kier alpha value is -1.36. The van der Waals surface area contributed by atoms with Gasteiger partial charge >= 0.3 is 0 Å². The van der Waals surface area contributed by atoms with Crippen LogP contribution >= 0.6 is 0 Å². The van der Waals surface area contributed by atoms with Crippen LogP contribution < -0.4 is 15.8 Å². The summed E-state index contributed by atoms with van der Waals surface area (Å²) in [5.41, 5.74) is 5.64. The van der Waals surface area contributed by atoms with E-state index in [0.29, 0.717) is 11.9 Å². The minimum atomic E-state index is 0.268. The molecule has 0 bridgehead atoms. The number of hydrogen-bond donors (Lipinski definition) is 2. The van der Waals surface area contributed by atoms with Gasteiger partial charge in [-0.05, 0) is 12.5 Å². The van der Waals surface area contributed by atoms with Crippen LogP contribution in [0.2, 0.25) is 0 Å². The van der Waals surface area contributed by atoms with Crippen LogP contribution in [0, 0.1) is 0 Å². The predicted molar refractivity (Wildman–Crippen MR) is 48.6 cm³/mol. The van der Waals surface area contributed by atoms with Crippen LogP contribution in [0.5, 0.6) is 5.88 Å². The molecule has 0 aliphatic heterocycles. The summed E-state index contributed by atoms with van der Waals surface area (Å²) in [6.07, 6.45) is 1.01. The SMILES string of the molecule is COc1ccc(NC2CC2N)nn1. The molecule has 5 heteroatoms. The number of rotatable bonds is 3. The zero-order chi connectivity index (χ0) is 9.26. The van der Waals surface area contributed by atoms with E-state index in [0.717, 1.165) is 12.2 Å². The standard InChI is InChI=1S/C8H12N4O/c1-13-8-3-2-7(11-12-8)10-6-4-5(6)9/h2-3,5-6H,4,9H2,1H3,(H,10,11). The largest absolute Gasteiger partial charge is 0.480 e. The molecule has 1 aliphatic carbocycles. The van der Waals surface area contributed by atoms with Crippen LogP contribution in [-0.4, -0.2) is 29.4 Å². The maximum Gasteiger partial charge on any atom is 0.233 e. The third-order valence-electron chi connectivity index (χ3n) is 2.02. The summed E-state index contributed by atoms with van der Waals surface area (Å²) in [5.74, 6) is 1.27. The second-order valence-corrected chi connectivity index (χ2v) is 3.11. The first-order valence-electron chi connectivity index (χ1n) is 4.19. The summed E-state index contributed by atoms with van der Waals surface area (Å²) in [6, 6.07) is 4.23. The molecular weight excluding hydrogens is 168 g/mol. The van der Waals surface area contributed by atoms with Gasteiger partial charge in [-0.25, -0.2) is 0 Å². The molecule has 1 heterocycles. The Balaban J connectivity index is 1.97. The molecule has 1 aromatic heterocycles. The molecule has 2 rings (SSSR count). The Kier molecular flexibility index (Phi) is 2.02. The van der Waals surface area contributed by atoms with Crippen LogP contribution in [0.25, 0.3) is 0 Å². The highest BCUT2D eigenvalue weighted by Crippen LogP contribution is 2.22. The molecule has 1 saturated carbocycles. The average molecular weight is 180 g/mol. The molecule has 0 amide bonds. The molecular formula is C8H12N4O. The van der Waals surface area contributed by atoms with E-state index >= 15 is 0 Å². The zero-order valence-electron chi connectivity index (χ0n) is 7.40. The third-order valence-corrected chi connectivity index (χ3v) is 2.02. The fraction of sp³-hybridized carbons (Fsp3) is 0.500. The summed E-state index contributed by atoms with van der Waals surface area (Å²) in [5, 5.41) is 10.9. The van der Waals surface area contributed by atoms with Crippen molar-refractivity contribution in [1.82, 2.24) is 10.2 Å². The Labute approximate surface area is 76.3 Å². The smallest absolute Gasteiger partial charge is 0.233 e. The van der Waals surface area contributed by atoms with Gasteiger partial charge in [0.1, 0.15) is 5.82 Å². The van der Waals surface area contributed by atoms with Crippen molar-refractivity contribution in [1.29, 1.82) is 0 Å². The molecule has 0 aromatic carbocycles. The minimum Gasteiger partial charge on any atom is -0.480 e. The van der Waals surface area contributed by atoms with E-state index in [1.54, 1.807) is 13.2 Å². The van der Waals surface area contributed by atoms with Gasteiger partial charge in [-0.3, -0.25) is 0 Å². The van der Waals surface area contributed by atoms with Gasteiger partial charge in [0.15, 0.2) is 0 Å². The third kappa shape index (κ3) is 1.86. The maximum absolute atomic E-state index is 5.64. The molecule has 2 atom stereocenters. The number of nitrogens with two attached hydrogens (primary N) is 1. The molecule has 0 spiro atoms. The van der Waals surface area contributed by atoms with Gasteiger partial charge < -0.3 is 15.8 Å². The fourth-order valence-corrected chi connectivity index (χ4v) is 1.08. The van der Waals surface area contributed by atoms with Crippen molar-refractivity contribution in [3.63, 3.8) is 0 Å². The van der Waals surface area contributed by atoms with E-state index in [1.165, 1.54) is 0 Å². The summed E-state index contributed by atoms with van der Waals surface area (Å²) < 4.78 is 4.88. The van der Waals surface area contributed by atoms with Crippen molar-refractivity contribution in [3.05, 3.63) is 12.1 Å². The molecule has 3 N–H and O–H groups in total. The van der Waals surface area contributed by atoms with Gasteiger partial charge in [0.2, 0.25) is 5.88 Å². The number of aromatic nitrogens is 2. The number of anilines is 1. The highest BCUT2D eigenvalue weighted by molar-refractivity contribution is 5.38. The topological polar surface area (TPSA) is 73.1 Å². The van der Waals surface area contributed by atoms with Gasteiger partial charge in [0.05, 0.1) is 7.11 Å². The first-order valence-corrected chi connectivity index (χ1v) is 4.19. The predicted octanol–water partition coefficient (Wildman–Crippen LogP) is -0.00330. The van der Waals surface area contributed by atoms with Crippen molar-refractivity contribution in [2.24, 2.45) is 5.73 Å². The van der Waals surface area contributed by atoms with Gasteiger partial charge in [-0.2, -0.15) is 0 Å². The number of nitrogens with one attached hydrogen (secondary N) is 1. The van der Waals surface area contributed by atoms with Crippen LogP contribution in [0.15, 0.2) is 12.1 Å². The molecule has 1 fully saturated rings. The quantitative estimate of drug-likeness (QED) is 0.684. The normalized spacial score (nSPS) is 25.4. The van der Waals surface area contributed by atoms with Crippen LogP contribution in [0.3, 0.4) is 0 Å².